The van der Waals surface area contributed by atoms with E-state index in [2.05, 4.69) is 20.9 Å². The van der Waals surface area contributed by atoms with Crippen LogP contribution >= 0.6 is 11.8 Å². The Bertz CT molecular complexity index is 837. The first kappa shape index (κ1) is 28.5. The van der Waals surface area contributed by atoms with Crippen LogP contribution in [0.1, 0.15) is 59.8 Å². The molecule has 11 nitrogen and oxygen atoms in total. The van der Waals surface area contributed by atoms with Gasteiger partial charge in [-0.2, -0.15) is 0 Å². The van der Waals surface area contributed by atoms with Crippen molar-refractivity contribution in [2.24, 2.45) is 4.99 Å². The number of hydrogen-bond donors (Lipinski definition) is 4. The van der Waals surface area contributed by atoms with Crippen molar-refractivity contribution in [1.82, 2.24) is 20.3 Å². The van der Waals surface area contributed by atoms with Crippen molar-refractivity contribution in [3.63, 3.8) is 0 Å². The zero-order valence-electron chi connectivity index (χ0n) is 21.0. The highest BCUT2D eigenvalue weighted by Crippen LogP contribution is 2.24. The number of carbonyl (C=O) groups is 1. The fourth-order valence-electron chi connectivity index (χ4n) is 3.93. The van der Waals surface area contributed by atoms with Crippen LogP contribution in [0.3, 0.4) is 0 Å². The number of aliphatic imine (C=N–C) groups is 1. The summed E-state index contributed by atoms with van der Waals surface area (Å²) in [5.74, 6) is 0.139. The third-order valence-electron chi connectivity index (χ3n) is 5.51. The standard InChI is InChI=1S/C21H40N6O5S2/c1-14(23-18(22)25-15-10-12-27(13-11-15)34(6,29)30)24-20(33-5)31-17-9-7-8-16(17)26-19(28)32-21(2,3)4/h14-17H,7-13H2,1-6H3,(H,26,28)(H3,22,23,25)/b24-20-/t14?,16-,17-/m0/s1. The molecule has 1 aliphatic carbocycles. The molecule has 196 valence electrons. The maximum absolute atomic E-state index is 12.1. The van der Waals surface area contributed by atoms with E-state index in [0.717, 1.165) is 19.3 Å². The SMILES string of the molecule is CS/C(=N\C(C)NC(=N)NC1CCN(S(C)(=O)=O)CC1)O[C@H]1CCC[C@@H]1NC(=O)OC(C)(C)C. The maximum atomic E-state index is 12.1. The predicted octanol–water partition coefficient (Wildman–Crippen LogP) is 2.05. The van der Waals surface area contributed by atoms with Crippen molar-refractivity contribution in [3.05, 3.63) is 0 Å². The lowest BCUT2D eigenvalue weighted by Crippen LogP contribution is -2.50. The third-order valence-corrected chi connectivity index (χ3v) is 7.36. The van der Waals surface area contributed by atoms with E-state index in [1.54, 1.807) is 0 Å². The van der Waals surface area contributed by atoms with Crippen LogP contribution < -0.4 is 16.0 Å². The molecule has 1 amide bonds. The number of carbonyl (C=O) groups excluding carboxylic acids is 1. The first-order valence-corrected chi connectivity index (χ1v) is 14.7. The summed E-state index contributed by atoms with van der Waals surface area (Å²) in [5, 5.41) is 17.7. The Hall–Kier alpha value is -1.73. The van der Waals surface area contributed by atoms with E-state index in [4.69, 9.17) is 14.9 Å². The number of thioether (sulfide) groups is 1. The third kappa shape index (κ3) is 9.87. The molecule has 1 saturated heterocycles. The molecule has 2 rings (SSSR count). The molecule has 0 aromatic carbocycles. The lowest BCUT2D eigenvalue weighted by Gasteiger charge is -2.31. The molecule has 0 bridgehead atoms. The second-order valence-electron chi connectivity index (χ2n) is 9.72. The highest BCUT2D eigenvalue weighted by Gasteiger charge is 2.32. The first-order valence-electron chi connectivity index (χ1n) is 11.6. The van der Waals surface area contributed by atoms with Crippen molar-refractivity contribution in [2.45, 2.75) is 89.8 Å². The lowest BCUT2D eigenvalue weighted by molar-refractivity contribution is 0.0460. The normalized spacial score (nSPS) is 23.8. The number of hydrogen-bond acceptors (Lipinski definition) is 8. The second-order valence-corrected chi connectivity index (χ2v) is 12.5. The fraction of sp³-hybridized carbons (Fsp3) is 0.857. The number of piperidine rings is 1. The molecule has 34 heavy (non-hydrogen) atoms. The summed E-state index contributed by atoms with van der Waals surface area (Å²) in [6, 6.07) is -0.114. The highest BCUT2D eigenvalue weighted by atomic mass is 32.2. The number of ether oxygens (including phenoxy) is 2. The van der Waals surface area contributed by atoms with Crippen LogP contribution in [0, 0.1) is 5.41 Å². The number of guanidine groups is 1. The van der Waals surface area contributed by atoms with E-state index < -0.39 is 27.9 Å². The molecule has 2 aliphatic rings. The van der Waals surface area contributed by atoms with E-state index in [9.17, 15) is 13.2 Å². The minimum absolute atomic E-state index is 0.0311. The van der Waals surface area contributed by atoms with Gasteiger partial charge in [-0.3, -0.25) is 5.41 Å². The Balaban J connectivity index is 1.82. The molecule has 1 unspecified atom stereocenters. The molecule has 1 aliphatic heterocycles. The zero-order chi connectivity index (χ0) is 25.5. The predicted molar refractivity (Wildman–Crippen MR) is 136 cm³/mol. The summed E-state index contributed by atoms with van der Waals surface area (Å²) in [6.45, 7) is 8.20. The fourth-order valence-corrected chi connectivity index (χ4v) is 5.29. The van der Waals surface area contributed by atoms with Crippen LogP contribution in [-0.2, 0) is 19.5 Å². The Kier molecular flexibility index (Phi) is 10.3. The summed E-state index contributed by atoms with van der Waals surface area (Å²) in [6.07, 6.45) is 5.88. The van der Waals surface area contributed by atoms with Crippen molar-refractivity contribution in [2.75, 3.05) is 25.6 Å². The molecule has 0 spiro atoms. The van der Waals surface area contributed by atoms with Crippen molar-refractivity contribution in [1.29, 1.82) is 5.41 Å². The number of nitrogens with zero attached hydrogens (tertiary/aromatic N) is 2. The number of amides is 1. The summed E-state index contributed by atoms with van der Waals surface area (Å²) >= 11 is 1.37. The van der Waals surface area contributed by atoms with E-state index in [0.29, 0.717) is 31.2 Å². The molecule has 1 saturated carbocycles. The average molecular weight is 521 g/mol. The summed E-state index contributed by atoms with van der Waals surface area (Å²) < 4.78 is 36.2. The van der Waals surface area contributed by atoms with Gasteiger partial charge in [-0.25, -0.2) is 22.5 Å². The first-order chi connectivity index (χ1) is 15.8. The van der Waals surface area contributed by atoms with Crippen molar-refractivity contribution in [3.8, 4) is 0 Å². The van der Waals surface area contributed by atoms with Gasteiger partial charge in [-0.05, 0) is 66.1 Å². The van der Waals surface area contributed by atoms with Gasteiger partial charge < -0.3 is 25.4 Å². The van der Waals surface area contributed by atoms with Crippen molar-refractivity contribution < 1.29 is 22.7 Å². The lowest BCUT2D eigenvalue weighted by atomic mass is 10.1. The Morgan fingerprint density at radius 1 is 1.18 bits per heavy atom. The summed E-state index contributed by atoms with van der Waals surface area (Å²) in [7, 11) is -3.17. The maximum Gasteiger partial charge on any atom is 0.408 e. The molecule has 13 heteroatoms. The number of alkyl carbamates (subject to hydrolysis) is 1. The largest absolute Gasteiger partial charge is 0.468 e. The number of sulfonamides is 1. The molecular formula is C21H40N6O5S2. The average Bonchev–Trinajstić information content (AvgIpc) is 3.11. The molecule has 0 radical (unpaired) electrons. The van der Waals surface area contributed by atoms with Gasteiger partial charge in [0.15, 0.2) is 5.96 Å². The van der Waals surface area contributed by atoms with E-state index in [-0.39, 0.29) is 24.1 Å². The Labute approximate surface area is 207 Å². The van der Waals surface area contributed by atoms with Crippen LogP contribution in [-0.4, -0.2) is 85.6 Å². The van der Waals surface area contributed by atoms with Gasteiger partial charge in [0.25, 0.3) is 0 Å². The smallest absolute Gasteiger partial charge is 0.408 e. The van der Waals surface area contributed by atoms with E-state index in [1.165, 1.54) is 22.3 Å². The second kappa shape index (κ2) is 12.3. The number of nitrogens with one attached hydrogen (secondary N) is 4. The topological polar surface area (TPSA) is 145 Å². The van der Waals surface area contributed by atoms with Crippen LogP contribution in [0.2, 0.25) is 0 Å². The highest BCUT2D eigenvalue weighted by molar-refractivity contribution is 8.12. The summed E-state index contributed by atoms with van der Waals surface area (Å²) in [4.78, 5) is 16.7. The van der Waals surface area contributed by atoms with Gasteiger partial charge in [0.05, 0.1) is 12.3 Å². The van der Waals surface area contributed by atoms with Gasteiger partial charge in [0.1, 0.15) is 17.9 Å². The van der Waals surface area contributed by atoms with Gasteiger partial charge in [-0.15, -0.1) is 0 Å². The molecule has 3 atom stereocenters. The van der Waals surface area contributed by atoms with Crippen molar-refractivity contribution >= 4 is 39.1 Å². The Morgan fingerprint density at radius 2 is 1.82 bits per heavy atom. The van der Waals surface area contributed by atoms with Crippen LogP contribution in [0.15, 0.2) is 4.99 Å². The molecule has 4 N–H and O–H groups in total. The van der Waals surface area contributed by atoms with Crippen LogP contribution in [0.4, 0.5) is 4.79 Å². The van der Waals surface area contributed by atoms with Gasteiger partial charge >= 0.3 is 6.09 Å². The van der Waals surface area contributed by atoms with Crippen LogP contribution in [0.5, 0.6) is 0 Å². The molecular weight excluding hydrogens is 480 g/mol. The van der Waals surface area contributed by atoms with Crippen LogP contribution in [0.25, 0.3) is 0 Å². The van der Waals surface area contributed by atoms with Gasteiger partial charge in [0, 0.05) is 19.1 Å². The molecule has 2 fully saturated rings. The summed E-state index contributed by atoms with van der Waals surface area (Å²) in [5.41, 5.74) is -0.560. The molecule has 0 aromatic heterocycles. The van der Waals surface area contributed by atoms with E-state index in [1.807, 2.05) is 34.0 Å². The Morgan fingerprint density at radius 3 is 2.38 bits per heavy atom. The number of rotatable bonds is 6. The minimum Gasteiger partial charge on any atom is -0.468 e. The molecule has 0 aromatic rings. The van der Waals surface area contributed by atoms with E-state index >= 15 is 0 Å². The molecule has 1 heterocycles. The quantitative estimate of drug-likeness (QED) is 0.308. The van der Waals surface area contributed by atoms with Gasteiger partial charge in [-0.1, -0.05) is 11.8 Å². The monoisotopic (exact) mass is 520 g/mol. The minimum atomic E-state index is -3.17. The van der Waals surface area contributed by atoms with Gasteiger partial charge in [0.2, 0.25) is 15.3 Å². The zero-order valence-corrected chi connectivity index (χ0v) is 22.6.